The van der Waals surface area contributed by atoms with E-state index in [1.54, 1.807) is 11.3 Å². The second-order valence-electron chi connectivity index (χ2n) is 4.90. The molecular formula is C13H17NOS2. The summed E-state index contributed by atoms with van der Waals surface area (Å²) in [5.74, 6) is 0. The zero-order valence-electron chi connectivity index (χ0n) is 10.3. The van der Waals surface area contributed by atoms with E-state index in [2.05, 4.69) is 50.5 Å². The van der Waals surface area contributed by atoms with Gasteiger partial charge in [0.25, 0.3) is 0 Å². The zero-order valence-corrected chi connectivity index (χ0v) is 11.9. The fraction of sp³-hybridized carbons (Fsp3) is 0.385. The molecule has 2 N–H and O–H groups in total. The van der Waals surface area contributed by atoms with Gasteiger partial charge in [-0.2, -0.15) is 0 Å². The van der Waals surface area contributed by atoms with E-state index < -0.39 is 0 Å². The van der Waals surface area contributed by atoms with Crippen LogP contribution in [0, 0.1) is 0 Å². The summed E-state index contributed by atoms with van der Waals surface area (Å²) in [7, 11) is 0. The summed E-state index contributed by atoms with van der Waals surface area (Å²) in [5, 5.41) is 10.2. The van der Waals surface area contributed by atoms with Gasteiger partial charge in [-0.3, -0.25) is 0 Å². The van der Waals surface area contributed by atoms with Crippen molar-refractivity contribution in [2.45, 2.75) is 37.0 Å². The van der Waals surface area contributed by atoms with Gasteiger partial charge in [-0.1, -0.05) is 39.0 Å². The minimum absolute atomic E-state index is 0.175. The first-order valence-corrected chi connectivity index (χ1v) is 7.21. The molecule has 0 aliphatic carbocycles. The Morgan fingerprint density at radius 3 is 2.65 bits per heavy atom. The number of hydrogen-bond acceptors (Lipinski definition) is 4. The highest BCUT2D eigenvalue weighted by Crippen LogP contribution is 2.43. The van der Waals surface area contributed by atoms with Crippen LogP contribution in [0.5, 0.6) is 0 Å². The molecule has 2 rings (SSSR count). The Balaban J connectivity index is 2.51. The Hall–Kier alpha value is -0.550. The van der Waals surface area contributed by atoms with Crippen LogP contribution in [0.15, 0.2) is 29.2 Å². The van der Waals surface area contributed by atoms with Crippen molar-refractivity contribution in [1.29, 1.82) is 0 Å². The van der Waals surface area contributed by atoms with Crippen LogP contribution in [-0.2, 0) is 6.54 Å². The molecule has 0 aliphatic rings. The van der Waals surface area contributed by atoms with E-state index in [4.69, 9.17) is 5.21 Å². The number of hydroxylamine groups is 1. The van der Waals surface area contributed by atoms with Crippen molar-refractivity contribution in [3.8, 4) is 0 Å². The summed E-state index contributed by atoms with van der Waals surface area (Å²) < 4.78 is 1.46. The fourth-order valence-electron chi connectivity index (χ4n) is 1.68. The third-order valence-corrected chi connectivity index (χ3v) is 4.85. The predicted octanol–water partition coefficient (Wildman–Crippen LogP) is 4.27. The molecule has 0 bridgehead atoms. The van der Waals surface area contributed by atoms with Gasteiger partial charge in [0.15, 0.2) is 0 Å². The average Bonchev–Trinajstić information content (AvgIpc) is 2.56. The molecule has 0 amide bonds. The topological polar surface area (TPSA) is 32.3 Å². The van der Waals surface area contributed by atoms with Gasteiger partial charge in [0.1, 0.15) is 0 Å². The van der Waals surface area contributed by atoms with Crippen molar-refractivity contribution in [3.63, 3.8) is 0 Å². The lowest BCUT2D eigenvalue weighted by Gasteiger charge is -2.18. The SMILES string of the molecule is CC(C)(C)Sc1c(CNO)sc2ccccc12. The van der Waals surface area contributed by atoms with Gasteiger partial charge in [0, 0.05) is 24.6 Å². The van der Waals surface area contributed by atoms with Crippen molar-refractivity contribution < 1.29 is 5.21 Å². The van der Waals surface area contributed by atoms with E-state index in [0.29, 0.717) is 6.54 Å². The lowest BCUT2D eigenvalue weighted by Crippen LogP contribution is -2.09. The monoisotopic (exact) mass is 267 g/mol. The smallest absolute Gasteiger partial charge is 0.0563 e. The first kappa shape index (κ1) is 12.9. The third-order valence-electron chi connectivity index (χ3n) is 2.27. The normalized spacial score (nSPS) is 12.2. The van der Waals surface area contributed by atoms with Crippen LogP contribution in [0.25, 0.3) is 10.1 Å². The van der Waals surface area contributed by atoms with Gasteiger partial charge in [-0.05, 0) is 6.07 Å². The number of thioether (sulfide) groups is 1. The largest absolute Gasteiger partial charge is 0.316 e. The summed E-state index contributed by atoms with van der Waals surface area (Å²) in [6, 6.07) is 8.41. The lowest BCUT2D eigenvalue weighted by molar-refractivity contribution is 0.161. The average molecular weight is 267 g/mol. The second-order valence-corrected chi connectivity index (χ2v) is 7.87. The fourth-order valence-corrected chi connectivity index (χ4v) is 4.11. The summed E-state index contributed by atoms with van der Waals surface area (Å²) in [6.45, 7) is 7.14. The van der Waals surface area contributed by atoms with E-state index in [1.807, 2.05) is 11.8 Å². The maximum absolute atomic E-state index is 8.92. The number of rotatable bonds is 3. The van der Waals surface area contributed by atoms with Gasteiger partial charge < -0.3 is 5.21 Å². The molecule has 0 saturated heterocycles. The lowest BCUT2D eigenvalue weighted by atomic mass is 10.2. The molecule has 92 valence electrons. The highest BCUT2D eigenvalue weighted by molar-refractivity contribution is 8.01. The molecule has 0 atom stereocenters. The summed E-state index contributed by atoms with van der Waals surface area (Å²) >= 11 is 3.61. The van der Waals surface area contributed by atoms with E-state index in [0.717, 1.165) is 0 Å². The van der Waals surface area contributed by atoms with Crippen molar-refractivity contribution in [2.24, 2.45) is 0 Å². The minimum atomic E-state index is 0.175. The Morgan fingerprint density at radius 1 is 1.29 bits per heavy atom. The Bertz CT molecular complexity index is 514. The molecule has 2 aromatic rings. The molecule has 4 heteroatoms. The van der Waals surface area contributed by atoms with Crippen LogP contribution in [0.1, 0.15) is 25.6 Å². The Labute approximate surface area is 110 Å². The van der Waals surface area contributed by atoms with Crippen LogP contribution < -0.4 is 5.48 Å². The molecule has 0 fully saturated rings. The van der Waals surface area contributed by atoms with Crippen molar-refractivity contribution >= 4 is 33.2 Å². The molecule has 0 aliphatic heterocycles. The van der Waals surface area contributed by atoms with Gasteiger partial charge >= 0.3 is 0 Å². The summed E-state index contributed by atoms with van der Waals surface area (Å²) in [4.78, 5) is 2.49. The molecule has 0 saturated carbocycles. The van der Waals surface area contributed by atoms with Gasteiger partial charge in [0.2, 0.25) is 0 Å². The minimum Gasteiger partial charge on any atom is -0.316 e. The van der Waals surface area contributed by atoms with Gasteiger partial charge in [-0.25, -0.2) is 5.48 Å². The van der Waals surface area contributed by atoms with E-state index in [1.165, 1.54) is 19.9 Å². The van der Waals surface area contributed by atoms with Crippen LogP contribution in [0.4, 0.5) is 0 Å². The summed E-state index contributed by atoms with van der Waals surface area (Å²) in [5.41, 5.74) is 2.27. The molecular weight excluding hydrogens is 250 g/mol. The van der Waals surface area contributed by atoms with Crippen LogP contribution in [0.3, 0.4) is 0 Å². The number of hydrogen-bond donors (Lipinski definition) is 2. The van der Waals surface area contributed by atoms with Crippen molar-refractivity contribution in [3.05, 3.63) is 29.1 Å². The number of nitrogens with one attached hydrogen (secondary N) is 1. The van der Waals surface area contributed by atoms with Crippen molar-refractivity contribution in [1.82, 2.24) is 5.48 Å². The molecule has 0 radical (unpaired) electrons. The maximum atomic E-state index is 8.92. The molecule has 2 nitrogen and oxygen atoms in total. The predicted molar refractivity (Wildman–Crippen MR) is 76.1 cm³/mol. The molecule has 17 heavy (non-hydrogen) atoms. The standard InChI is InChI=1S/C13H17NOS2/c1-13(2,3)17-12-9-6-4-5-7-10(9)16-11(12)8-14-15/h4-7,14-15H,8H2,1-3H3. The second kappa shape index (κ2) is 4.98. The Morgan fingerprint density at radius 2 is 2.00 bits per heavy atom. The van der Waals surface area contributed by atoms with Gasteiger partial charge in [0.05, 0.1) is 6.54 Å². The maximum Gasteiger partial charge on any atom is 0.0563 e. The molecule has 1 heterocycles. The van der Waals surface area contributed by atoms with E-state index in [-0.39, 0.29) is 4.75 Å². The van der Waals surface area contributed by atoms with Crippen LogP contribution in [-0.4, -0.2) is 9.95 Å². The highest BCUT2D eigenvalue weighted by Gasteiger charge is 2.19. The van der Waals surface area contributed by atoms with Crippen LogP contribution >= 0.6 is 23.1 Å². The molecule has 0 unspecified atom stereocenters. The number of fused-ring (bicyclic) bond motifs is 1. The first-order valence-electron chi connectivity index (χ1n) is 5.57. The van der Waals surface area contributed by atoms with Crippen LogP contribution in [0.2, 0.25) is 0 Å². The number of thiophene rings is 1. The third kappa shape index (κ3) is 3.01. The molecule has 0 spiro atoms. The van der Waals surface area contributed by atoms with E-state index >= 15 is 0 Å². The highest BCUT2D eigenvalue weighted by atomic mass is 32.2. The van der Waals surface area contributed by atoms with Crippen molar-refractivity contribution in [2.75, 3.05) is 0 Å². The Kier molecular flexibility index (Phi) is 3.78. The quantitative estimate of drug-likeness (QED) is 0.643. The zero-order chi connectivity index (χ0) is 12.5. The van der Waals surface area contributed by atoms with E-state index in [9.17, 15) is 0 Å². The van der Waals surface area contributed by atoms with Gasteiger partial charge in [-0.15, -0.1) is 23.1 Å². The summed E-state index contributed by atoms with van der Waals surface area (Å²) in [6.07, 6.45) is 0. The molecule has 1 aromatic heterocycles. The first-order chi connectivity index (χ1) is 8.01. The number of benzene rings is 1. The molecule has 1 aromatic carbocycles.